The average Bonchev–Trinajstić information content (AvgIpc) is 0.744. The van der Waals surface area contributed by atoms with E-state index < -0.39 is 0 Å². The first-order valence-corrected chi connectivity index (χ1v) is 48.6. The molecule has 0 fully saturated rings. The summed E-state index contributed by atoms with van der Waals surface area (Å²) < 4.78 is 0. The van der Waals surface area contributed by atoms with Crippen LogP contribution in [0.1, 0.15) is 0 Å². The third-order valence-electron chi connectivity index (χ3n) is 26.7. The summed E-state index contributed by atoms with van der Waals surface area (Å²) in [5.74, 6) is 3.84. The molecule has 10 aromatic heterocycles. The van der Waals surface area contributed by atoms with Crippen molar-refractivity contribution in [1.29, 1.82) is 0 Å². The van der Waals surface area contributed by atoms with Gasteiger partial charge in [-0.1, -0.05) is 406 Å². The second kappa shape index (κ2) is 39.0. The Kier molecular flexibility index (Phi) is 23.4. The Balaban J connectivity index is 0.000000114. The van der Waals surface area contributed by atoms with E-state index in [9.17, 15) is 0 Å². The predicted molar refractivity (Wildman–Crippen MR) is 595 cm³/mol. The smallest absolute Gasteiger partial charge is 0.164 e. The van der Waals surface area contributed by atoms with E-state index in [0.717, 1.165) is 232 Å². The van der Waals surface area contributed by atoms with Crippen LogP contribution in [0.3, 0.4) is 0 Å². The fourth-order valence-electron chi connectivity index (χ4n) is 19.6. The zero-order chi connectivity index (χ0) is 97.0. The number of hydrogen-bond donors (Lipinski definition) is 0. The number of rotatable bonds is 16. The Morgan fingerprint density at radius 1 is 0.144 bits per heavy atom. The lowest BCUT2D eigenvalue weighted by molar-refractivity contribution is 1.07. The molecule has 0 aliphatic carbocycles. The summed E-state index contributed by atoms with van der Waals surface area (Å²) >= 11 is 0. The number of aromatic nitrogens is 14. The topological polar surface area (TPSA) is 180 Å². The fourth-order valence-corrected chi connectivity index (χ4v) is 19.6. The highest BCUT2D eigenvalue weighted by atomic mass is 15.0. The Morgan fingerprint density at radius 3 is 0.767 bits per heavy atom. The molecule has 10 heterocycles. The maximum Gasteiger partial charge on any atom is 0.164 e. The van der Waals surface area contributed by atoms with Crippen molar-refractivity contribution < 1.29 is 0 Å². The van der Waals surface area contributed by atoms with E-state index in [1.807, 2.05) is 213 Å². The van der Waals surface area contributed by atoms with E-state index in [2.05, 4.69) is 307 Å². The third kappa shape index (κ3) is 17.5. The molecule has 0 saturated heterocycles. The number of pyridine rings is 8. The Hall–Kier alpha value is -20.0. The van der Waals surface area contributed by atoms with Gasteiger partial charge < -0.3 is 0 Å². The molecule has 27 rings (SSSR count). The van der Waals surface area contributed by atoms with Crippen LogP contribution < -0.4 is 0 Å². The van der Waals surface area contributed by atoms with E-state index in [1.54, 1.807) is 0 Å². The molecule has 14 heteroatoms. The van der Waals surface area contributed by atoms with Crippen LogP contribution >= 0.6 is 0 Å². The highest BCUT2D eigenvalue weighted by Crippen LogP contribution is 2.46. The van der Waals surface area contributed by atoms with Gasteiger partial charge in [0.15, 0.2) is 34.9 Å². The summed E-state index contributed by atoms with van der Waals surface area (Å²) in [7, 11) is 0. The molecule has 0 aliphatic rings. The van der Waals surface area contributed by atoms with E-state index in [4.69, 9.17) is 59.8 Å². The highest BCUT2D eigenvalue weighted by molar-refractivity contribution is 6.21. The highest BCUT2D eigenvalue weighted by Gasteiger charge is 2.24. The molecule has 27 aromatic rings. The number of nitrogens with zero attached hydrogens (tertiary/aromatic N) is 14. The predicted octanol–water partition coefficient (Wildman–Crippen LogP) is 32.5. The Morgan fingerprint density at radius 2 is 0.425 bits per heavy atom. The van der Waals surface area contributed by atoms with Crippen molar-refractivity contribution in [3.8, 4) is 180 Å². The molecule has 0 saturated carbocycles. The molecule has 0 N–H and O–H groups in total. The summed E-state index contributed by atoms with van der Waals surface area (Å²) in [6.07, 6.45) is 9.33. The van der Waals surface area contributed by atoms with Gasteiger partial charge in [0.25, 0.3) is 0 Å². The van der Waals surface area contributed by atoms with Gasteiger partial charge in [0.2, 0.25) is 0 Å². The Labute approximate surface area is 841 Å². The van der Waals surface area contributed by atoms with Crippen LogP contribution in [-0.4, -0.2) is 69.8 Å². The largest absolute Gasteiger partial charge is 0.264 e. The summed E-state index contributed by atoms with van der Waals surface area (Å²) in [6.45, 7) is 0. The third-order valence-corrected chi connectivity index (χ3v) is 26.7. The lowest BCUT2D eigenvalue weighted by Gasteiger charge is -2.15. The van der Waals surface area contributed by atoms with Crippen molar-refractivity contribution in [2.75, 3.05) is 0 Å². The SMILES string of the molecule is c1ccc(-c2ccc3ccc4ccc(-c5ccc6nc(-c7ccccc7)c7cccc(-c8ccccn8)c7c6c5)nc4c3n2)cc1.c1ccc(-c2nc(-c3ccccc3)nc(-c3ccc(-c4ccc5nc(-c6ccccc6)c6cccc(-c7cccnc7)c6c5c4)cc3)n2)cc1.c1ccc(-c2nc(-c3ccccc3)nc(-c3ccc(-c4ccc5nc(-c6ccccc6)c6cccc(-c7cccnc7)c6c5c4)cc3)n2)cc1. The van der Waals surface area contributed by atoms with Crippen molar-refractivity contribution in [1.82, 2.24) is 69.8 Å². The minimum atomic E-state index is 0.632. The first kappa shape index (κ1) is 87.5. The molecular weight excluding hydrogens is 1780 g/mol. The van der Waals surface area contributed by atoms with E-state index in [0.29, 0.717) is 34.9 Å². The van der Waals surface area contributed by atoms with Crippen LogP contribution in [0.2, 0.25) is 0 Å². The molecule has 0 atom stereocenters. The quantitative estimate of drug-likeness (QED) is 0.0834. The molecule has 0 bridgehead atoms. The minimum absolute atomic E-state index is 0.632. The van der Waals surface area contributed by atoms with E-state index in [-0.39, 0.29) is 0 Å². The van der Waals surface area contributed by atoms with Crippen molar-refractivity contribution in [2.45, 2.75) is 0 Å². The van der Waals surface area contributed by atoms with Crippen LogP contribution in [0.5, 0.6) is 0 Å². The molecule has 17 aromatic carbocycles. The van der Waals surface area contributed by atoms with Crippen LogP contribution in [-0.2, 0) is 0 Å². The molecule has 682 valence electrons. The zero-order valence-corrected chi connectivity index (χ0v) is 78.8. The molecule has 0 radical (unpaired) electrons. The van der Waals surface area contributed by atoms with Crippen LogP contribution in [0, 0.1) is 0 Å². The zero-order valence-electron chi connectivity index (χ0n) is 78.8. The maximum absolute atomic E-state index is 5.25. The molecule has 0 amide bonds. The summed E-state index contributed by atoms with van der Waals surface area (Å²) in [5.41, 5.74) is 31.2. The number of hydrogen-bond acceptors (Lipinski definition) is 14. The lowest BCUT2D eigenvalue weighted by atomic mass is 9.92. The Bertz CT molecular complexity index is 9050. The molecule has 0 aliphatic heterocycles. The van der Waals surface area contributed by atoms with Crippen LogP contribution in [0.15, 0.2) is 510 Å². The van der Waals surface area contributed by atoms with Gasteiger partial charge in [0.05, 0.1) is 61.7 Å². The first-order chi connectivity index (χ1) is 72.4. The number of benzene rings is 17. The van der Waals surface area contributed by atoms with Crippen molar-refractivity contribution in [2.24, 2.45) is 0 Å². The first-order valence-electron chi connectivity index (χ1n) is 48.6. The van der Waals surface area contributed by atoms with Crippen molar-refractivity contribution >= 4 is 86.8 Å². The standard InChI is InChI=1S/2C45H29N5.C42H26N4/c2*1-4-12-31(13-5-1)42-38-20-10-19-37(36-18-11-27-46-29-36)41(38)39-28-35(25-26-40(39)47-42)30-21-23-34(24-22-30)45-49-43(32-14-6-2-7-15-32)48-44(50-45)33-16-8-3-9-17-33;1-3-10-27(11-4-1)35-22-19-29-17-18-30-20-23-36(45-42(30)41(29)44-35)31-21-24-38-34(26-31)39-32(37-16-7-8-25-43-37)14-9-15-33(39)40(46-38)28-12-5-2-6-13-28/h2*1-29H;1-26H. The molecular formula is C132H84N14. The normalized spacial score (nSPS) is 11.3. The lowest BCUT2D eigenvalue weighted by Crippen LogP contribution is -2.00. The van der Waals surface area contributed by atoms with Gasteiger partial charge in [-0.2, -0.15) is 0 Å². The molecule has 146 heavy (non-hydrogen) atoms. The molecule has 0 unspecified atom stereocenters. The molecule has 0 spiro atoms. The molecule has 14 nitrogen and oxygen atoms in total. The van der Waals surface area contributed by atoms with Crippen molar-refractivity contribution in [3.05, 3.63) is 510 Å². The van der Waals surface area contributed by atoms with Gasteiger partial charge in [-0.15, -0.1) is 0 Å². The van der Waals surface area contributed by atoms with Gasteiger partial charge >= 0.3 is 0 Å². The summed E-state index contributed by atoms with van der Waals surface area (Å²) in [4.78, 5) is 69.0. The van der Waals surface area contributed by atoms with Gasteiger partial charge in [-0.05, 0) is 106 Å². The van der Waals surface area contributed by atoms with E-state index >= 15 is 0 Å². The van der Waals surface area contributed by atoms with Gasteiger partial charge in [0, 0.05) is 168 Å². The summed E-state index contributed by atoms with van der Waals surface area (Å²) in [6, 6.07) is 165. The summed E-state index contributed by atoms with van der Waals surface area (Å²) in [5, 5.41) is 12.2. The van der Waals surface area contributed by atoms with Gasteiger partial charge in [-0.25, -0.2) is 54.8 Å². The van der Waals surface area contributed by atoms with Crippen LogP contribution in [0.4, 0.5) is 0 Å². The van der Waals surface area contributed by atoms with Crippen molar-refractivity contribution in [3.63, 3.8) is 0 Å². The number of fused-ring (bicyclic) bond motifs is 12. The van der Waals surface area contributed by atoms with E-state index in [1.165, 1.54) is 0 Å². The van der Waals surface area contributed by atoms with Crippen LogP contribution in [0.25, 0.3) is 267 Å². The minimum Gasteiger partial charge on any atom is -0.264 e. The van der Waals surface area contributed by atoms with Gasteiger partial charge in [-0.3, -0.25) is 15.0 Å². The fraction of sp³-hybridized carbons (Fsp3) is 0. The maximum atomic E-state index is 5.25. The second-order valence-corrected chi connectivity index (χ2v) is 35.8. The average molecular weight is 1870 g/mol. The van der Waals surface area contributed by atoms with Gasteiger partial charge in [0.1, 0.15) is 0 Å². The monoisotopic (exact) mass is 1860 g/mol. The second-order valence-electron chi connectivity index (χ2n) is 35.8.